The molecule has 1 saturated carbocycles. The second-order valence-electron chi connectivity index (χ2n) is 7.34. The highest BCUT2D eigenvalue weighted by molar-refractivity contribution is 7.85. The topological polar surface area (TPSA) is 51.5 Å². The molecule has 1 fully saturated rings. The van der Waals surface area contributed by atoms with E-state index in [1.807, 2.05) is 23.5 Å². The average molecular weight is 372 g/mol. The van der Waals surface area contributed by atoms with Crippen LogP contribution in [0.2, 0.25) is 0 Å². The molecule has 1 aromatic carbocycles. The average Bonchev–Trinajstić information content (AvgIpc) is 3.34. The van der Waals surface area contributed by atoms with Crippen molar-refractivity contribution in [3.63, 3.8) is 0 Å². The van der Waals surface area contributed by atoms with E-state index in [0.29, 0.717) is 11.5 Å². The fourth-order valence-electron chi connectivity index (χ4n) is 3.51. The summed E-state index contributed by atoms with van der Waals surface area (Å²) in [6.45, 7) is 3.33. The Bertz CT molecular complexity index is 921. The Morgan fingerprint density at radius 2 is 2.04 bits per heavy atom. The Labute approximate surface area is 156 Å². The Morgan fingerprint density at radius 1 is 1.27 bits per heavy atom. The molecule has 2 aliphatic rings. The highest BCUT2D eigenvalue weighted by Crippen LogP contribution is 2.41. The Hall–Kier alpha value is -2.08. The van der Waals surface area contributed by atoms with E-state index < -0.39 is 11.0 Å². The standard InChI is InChI=1S/C20H24N2O3S/c1-13-8-16(11-21(2)20(13)23)17-10-18-15(6-7-22(18)26(3)24)9-19(17)25-12-14-4-5-14/h8-11,14H,4-7,12H2,1-3H3. The van der Waals surface area contributed by atoms with Gasteiger partial charge in [-0.2, -0.15) is 0 Å². The summed E-state index contributed by atoms with van der Waals surface area (Å²) >= 11 is 0. The molecule has 1 atom stereocenters. The first-order valence-corrected chi connectivity index (χ1v) is 10.5. The van der Waals surface area contributed by atoms with E-state index in [2.05, 4.69) is 12.1 Å². The van der Waals surface area contributed by atoms with Gasteiger partial charge in [0.05, 0.1) is 12.3 Å². The Balaban J connectivity index is 1.83. The SMILES string of the molecule is Cc1cc(-c2cc3c(cc2OCC2CC2)CCN3S(C)=O)cn(C)c1=O. The molecule has 4 rings (SSSR count). The minimum absolute atomic E-state index is 0.00615. The van der Waals surface area contributed by atoms with Crippen LogP contribution >= 0.6 is 0 Å². The molecule has 1 aromatic heterocycles. The summed E-state index contributed by atoms with van der Waals surface area (Å²) in [6, 6.07) is 6.09. The van der Waals surface area contributed by atoms with E-state index >= 15 is 0 Å². The van der Waals surface area contributed by atoms with E-state index in [1.165, 1.54) is 18.4 Å². The molecule has 0 bridgehead atoms. The van der Waals surface area contributed by atoms with Gasteiger partial charge in [0.2, 0.25) is 0 Å². The van der Waals surface area contributed by atoms with Gasteiger partial charge in [0.15, 0.2) is 0 Å². The van der Waals surface area contributed by atoms with Crippen LogP contribution in [-0.4, -0.2) is 28.2 Å². The number of hydrogen-bond acceptors (Lipinski definition) is 3. The van der Waals surface area contributed by atoms with Gasteiger partial charge in [-0.25, -0.2) is 4.21 Å². The molecule has 2 heterocycles. The number of pyridine rings is 1. The van der Waals surface area contributed by atoms with E-state index in [-0.39, 0.29) is 5.56 Å². The fourth-order valence-corrected chi connectivity index (χ4v) is 4.31. The van der Waals surface area contributed by atoms with Gasteiger partial charge in [-0.3, -0.25) is 9.10 Å². The lowest BCUT2D eigenvalue weighted by Gasteiger charge is -2.19. The Morgan fingerprint density at radius 3 is 2.69 bits per heavy atom. The number of hydrogen-bond donors (Lipinski definition) is 0. The number of ether oxygens (including phenoxy) is 1. The number of anilines is 1. The maximum Gasteiger partial charge on any atom is 0.253 e. The largest absolute Gasteiger partial charge is 0.493 e. The molecule has 0 amide bonds. The van der Waals surface area contributed by atoms with Crippen LogP contribution in [0.15, 0.2) is 29.2 Å². The van der Waals surface area contributed by atoms with E-state index in [0.717, 1.165) is 42.1 Å². The fraction of sp³-hybridized carbons (Fsp3) is 0.450. The van der Waals surface area contributed by atoms with Gasteiger partial charge in [0.25, 0.3) is 5.56 Å². The van der Waals surface area contributed by atoms with Crippen molar-refractivity contribution in [1.82, 2.24) is 4.57 Å². The third-order valence-electron chi connectivity index (χ3n) is 5.19. The van der Waals surface area contributed by atoms with Crippen molar-refractivity contribution in [3.8, 4) is 16.9 Å². The van der Waals surface area contributed by atoms with Crippen LogP contribution in [0.1, 0.15) is 24.0 Å². The van der Waals surface area contributed by atoms with Gasteiger partial charge in [-0.1, -0.05) is 0 Å². The van der Waals surface area contributed by atoms with Gasteiger partial charge in [0.1, 0.15) is 16.7 Å². The second-order valence-corrected chi connectivity index (χ2v) is 8.62. The highest BCUT2D eigenvalue weighted by atomic mass is 32.2. The summed E-state index contributed by atoms with van der Waals surface area (Å²) in [5, 5.41) is 0. The summed E-state index contributed by atoms with van der Waals surface area (Å²) in [5.41, 5.74) is 4.80. The molecule has 5 nitrogen and oxygen atoms in total. The summed E-state index contributed by atoms with van der Waals surface area (Å²) in [6.07, 6.45) is 6.91. The minimum Gasteiger partial charge on any atom is -0.493 e. The van der Waals surface area contributed by atoms with Crippen molar-refractivity contribution < 1.29 is 8.95 Å². The van der Waals surface area contributed by atoms with Crippen molar-refractivity contribution in [2.45, 2.75) is 26.2 Å². The number of aromatic nitrogens is 1. The van der Waals surface area contributed by atoms with Crippen molar-refractivity contribution >= 4 is 16.7 Å². The number of benzene rings is 1. The molecule has 0 spiro atoms. The van der Waals surface area contributed by atoms with Crippen LogP contribution in [0.3, 0.4) is 0 Å². The molecular formula is C20H24N2O3S. The summed E-state index contributed by atoms with van der Waals surface area (Å²) < 4.78 is 21.8. The molecule has 0 saturated heterocycles. The van der Waals surface area contributed by atoms with Crippen LogP contribution in [0, 0.1) is 12.8 Å². The first-order chi connectivity index (χ1) is 12.4. The molecule has 1 unspecified atom stereocenters. The van der Waals surface area contributed by atoms with Crippen LogP contribution in [-0.2, 0) is 24.5 Å². The van der Waals surface area contributed by atoms with Gasteiger partial charge in [-0.05, 0) is 55.9 Å². The summed E-state index contributed by atoms with van der Waals surface area (Å²) in [7, 11) is 0.718. The monoisotopic (exact) mass is 372 g/mol. The summed E-state index contributed by atoms with van der Waals surface area (Å²) in [5.74, 6) is 1.52. The minimum atomic E-state index is -1.05. The maximum absolute atomic E-state index is 12.1. The van der Waals surface area contributed by atoms with Gasteiger partial charge in [-0.15, -0.1) is 0 Å². The lowest BCUT2D eigenvalue weighted by molar-refractivity contribution is 0.301. The van der Waals surface area contributed by atoms with Gasteiger partial charge in [0, 0.05) is 42.7 Å². The predicted octanol–water partition coefficient (Wildman–Crippen LogP) is 2.81. The molecule has 0 N–H and O–H groups in total. The van der Waals surface area contributed by atoms with Crippen molar-refractivity contribution in [3.05, 3.63) is 45.9 Å². The zero-order chi connectivity index (χ0) is 18.4. The number of fused-ring (bicyclic) bond motifs is 1. The molecular weight excluding hydrogens is 348 g/mol. The second kappa shape index (κ2) is 6.58. The van der Waals surface area contributed by atoms with Crippen molar-refractivity contribution in [2.75, 3.05) is 23.7 Å². The van der Waals surface area contributed by atoms with E-state index in [9.17, 15) is 9.00 Å². The van der Waals surface area contributed by atoms with E-state index in [1.54, 1.807) is 17.9 Å². The first kappa shape index (κ1) is 17.3. The Kier molecular flexibility index (Phi) is 4.39. The van der Waals surface area contributed by atoms with Gasteiger partial charge < -0.3 is 9.30 Å². The zero-order valence-corrected chi connectivity index (χ0v) is 16.3. The number of rotatable bonds is 5. The molecule has 26 heavy (non-hydrogen) atoms. The van der Waals surface area contributed by atoms with Crippen molar-refractivity contribution in [1.29, 1.82) is 0 Å². The molecule has 1 aliphatic carbocycles. The molecule has 2 aromatic rings. The van der Waals surface area contributed by atoms with E-state index in [4.69, 9.17) is 4.74 Å². The molecule has 138 valence electrons. The first-order valence-electron chi connectivity index (χ1n) is 9.02. The predicted molar refractivity (Wildman–Crippen MR) is 105 cm³/mol. The van der Waals surface area contributed by atoms with Crippen LogP contribution in [0.25, 0.3) is 11.1 Å². The van der Waals surface area contributed by atoms with Gasteiger partial charge >= 0.3 is 0 Å². The van der Waals surface area contributed by atoms with Crippen LogP contribution in [0.5, 0.6) is 5.75 Å². The maximum atomic E-state index is 12.1. The third kappa shape index (κ3) is 3.18. The summed E-state index contributed by atoms with van der Waals surface area (Å²) in [4.78, 5) is 12.1. The number of nitrogens with zero attached hydrogens (tertiary/aromatic N) is 2. The molecule has 0 radical (unpaired) electrons. The van der Waals surface area contributed by atoms with Crippen LogP contribution in [0.4, 0.5) is 5.69 Å². The highest BCUT2D eigenvalue weighted by Gasteiger charge is 2.26. The van der Waals surface area contributed by atoms with Crippen LogP contribution < -0.4 is 14.6 Å². The third-order valence-corrected chi connectivity index (χ3v) is 6.19. The quantitative estimate of drug-likeness (QED) is 0.811. The lowest BCUT2D eigenvalue weighted by Crippen LogP contribution is -2.22. The molecule has 6 heteroatoms. The molecule has 1 aliphatic heterocycles. The van der Waals surface area contributed by atoms with Crippen molar-refractivity contribution in [2.24, 2.45) is 13.0 Å². The zero-order valence-electron chi connectivity index (χ0n) is 15.4. The number of aryl methyl sites for hydroxylation is 2. The smallest absolute Gasteiger partial charge is 0.253 e. The normalized spacial score (nSPS) is 17.3. The lowest BCUT2D eigenvalue weighted by atomic mass is 10.0.